The summed E-state index contributed by atoms with van der Waals surface area (Å²) in [5.41, 5.74) is 3.04. The molecule has 0 radical (unpaired) electrons. The molecule has 4 heteroatoms. The topological polar surface area (TPSA) is 49.3 Å². The van der Waals surface area contributed by atoms with Crippen molar-refractivity contribution in [3.05, 3.63) is 56.8 Å². The van der Waals surface area contributed by atoms with Crippen LogP contribution in [-0.4, -0.2) is 11.0 Å². The number of aliphatic hydroxyl groups is 1. The lowest BCUT2D eigenvalue weighted by Crippen LogP contribution is -2.21. The van der Waals surface area contributed by atoms with E-state index in [4.69, 9.17) is 5.11 Å². The molecule has 0 fully saturated rings. The van der Waals surface area contributed by atoms with E-state index in [2.05, 4.69) is 12.2 Å². The average molecular weight is 289 g/mol. The van der Waals surface area contributed by atoms with Crippen LogP contribution in [0.3, 0.4) is 0 Å². The number of benzene rings is 1. The second-order valence-electron chi connectivity index (χ2n) is 4.73. The van der Waals surface area contributed by atoms with E-state index in [1.165, 1.54) is 10.4 Å². The van der Waals surface area contributed by atoms with Gasteiger partial charge in [-0.3, -0.25) is 4.79 Å². The first-order chi connectivity index (χ1) is 9.63. The molecule has 0 aliphatic carbocycles. The van der Waals surface area contributed by atoms with E-state index in [0.717, 1.165) is 22.4 Å². The molecule has 1 heterocycles. The molecule has 3 nitrogen and oxygen atoms in total. The van der Waals surface area contributed by atoms with Crippen LogP contribution in [0.1, 0.15) is 38.2 Å². The standard InChI is InChI=1S/C16H19NO2S/c1-3-14-11(2)7-15(20-14)16(19)17-9-12-5-4-6-13(8-12)10-18/h4-8,18H,3,9-10H2,1-2H3,(H,17,19). The number of nitrogens with one attached hydrogen (secondary N) is 1. The number of aryl methyl sites for hydroxylation is 2. The second-order valence-corrected chi connectivity index (χ2v) is 5.87. The first-order valence-electron chi connectivity index (χ1n) is 6.70. The lowest BCUT2D eigenvalue weighted by Gasteiger charge is -2.05. The van der Waals surface area contributed by atoms with Crippen molar-refractivity contribution >= 4 is 17.2 Å². The first kappa shape index (κ1) is 14.8. The van der Waals surface area contributed by atoms with E-state index >= 15 is 0 Å². The minimum absolute atomic E-state index is 0.0196. The Kier molecular flexibility index (Phi) is 4.93. The fraction of sp³-hybridized carbons (Fsp3) is 0.312. The van der Waals surface area contributed by atoms with Crippen LogP contribution >= 0.6 is 11.3 Å². The van der Waals surface area contributed by atoms with Gasteiger partial charge < -0.3 is 10.4 Å². The van der Waals surface area contributed by atoms with Crippen LogP contribution in [0.25, 0.3) is 0 Å². The summed E-state index contributed by atoms with van der Waals surface area (Å²) in [6.45, 7) is 4.63. The van der Waals surface area contributed by atoms with Gasteiger partial charge in [0.1, 0.15) is 0 Å². The summed E-state index contributed by atoms with van der Waals surface area (Å²) >= 11 is 1.56. The third-order valence-corrected chi connectivity index (χ3v) is 4.57. The molecule has 20 heavy (non-hydrogen) atoms. The molecule has 0 atom stereocenters. The minimum Gasteiger partial charge on any atom is -0.392 e. The molecule has 0 bridgehead atoms. The summed E-state index contributed by atoms with van der Waals surface area (Å²) < 4.78 is 0. The SMILES string of the molecule is CCc1sc(C(=O)NCc2cccc(CO)c2)cc1C. The highest BCUT2D eigenvalue weighted by Gasteiger charge is 2.11. The van der Waals surface area contributed by atoms with Crippen molar-refractivity contribution in [1.29, 1.82) is 0 Å². The number of carbonyl (C=O) groups is 1. The van der Waals surface area contributed by atoms with E-state index in [-0.39, 0.29) is 12.5 Å². The largest absolute Gasteiger partial charge is 0.392 e. The van der Waals surface area contributed by atoms with Crippen molar-refractivity contribution in [2.45, 2.75) is 33.4 Å². The van der Waals surface area contributed by atoms with Crippen molar-refractivity contribution in [1.82, 2.24) is 5.32 Å². The van der Waals surface area contributed by atoms with E-state index in [1.807, 2.05) is 37.3 Å². The van der Waals surface area contributed by atoms with Crippen LogP contribution in [0.15, 0.2) is 30.3 Å². The van der Waals surface area contributed by atoms with E-state index < -0.39 is 0 Å². The molecule has 1 aromatic carbocycles. The van der Waals surface area contributed by atoms with Gasteiger partial charge in [-0.1, -0.05) is 31.2 Å². The predicted octanol–water partition coefficient (Wildman–Crippen LogP) is 3.04. The van der Waals surface area contributed by atoms with Gasteiger partial charge in [0, 0.05) is 11.4 Å². The Morgan fingerprint density at radius 3 is 2.70 bits per heavy atom. The molecule has 0 unspecified atom stereocenters. The lowest BCUT2D eigenvalue weighted by molar-refractivity contribution is 0.0955. The lowest BCUT2D eigenvalue weighted by atomic mass is 10.1. The zero-order chi connectivity index (χ0) is 14.5. The van der Waals surface area contributed by atoms with Gasteiger partial charge in [0.2, 0.25) is 0 Å². The number of rotatable bonds is 5. The van der Waals surface area contributed by atoms with Gasteiger partial charge in [-0.2, -0.15) is 0 Å². The maximum Gasteiger partial charge on any atom is 0.261 e. The average Bonchev–Trinajstić information content (AvgIpc) is 2.86. The zero-order valence-electron chi connectivity index (χ0n) is 11.8. The monoisotopic (exact) mass is 289 g/mol. The molecule has 0 saturated heterocycles. The van der Waals surface area contributed by atoms with Crippen molar-refractivity contribution < 1.29 is 9.90 Å². The minimum atomic E-state index is -0.0350. The molecule has 0 aliphatic heterocycles. The van der Waals surface area contributed by atoms with E-state index in [1.54, 1.807) is 11.3 Å². The molecule has 106 valence electrons. The quantitative estimate of drug-likeness (QED) is 0.889. The molecule has 2 N–H and O–H groups in total. The van der Waals surface area contributed by atoms with Crippen molar-refractivity contribution in [3.63, 3.8) is 0 Å². The Balaban J connectivity index is 2.00. The number of aliphatic hydroxyl groups excluding tert-OH is 1. The maximum atomic E-state index is 12.1. The zero-order valence-corrected chi connectivity index (χ0v) is 12.6. The summed E-state index contributed by atoms with van der Waals surface area (Å²) in [6.07, 6.45) is 0.961. The van der Waals surface area contributed by atoms with Crippen LogP contribution in [0.4, 0.5) is 0 Å². The normalized spacial score (nSPS) is 10.6. The van der Waals surface area contributed by atoms with Crippen molar-refractivity contribution in [2.75, 3.05) is 0 Å². The summed E-state index contributed by atoms with van der Waals surface area (Å²) in [5.74, 6) is -0.0350. The third-order valence-electron chi connectivity index (χ3n) is 3.19. The molecule has 0 aliphatic rings. The van der Waals surface area contributed by atoms with Crippen LogP contribution in [0.5, 0.6) is 0 Å². The second kappa shape index (κ2) is 6.68. The third kappa shape index (κ3) is 3.46. The van der Waals surface area contributed by atoms with Crippen LogP contribution in [0, 0.1) is 6.92 Å². The summed E-state index contributed by atoms with van der Waals surface area (Å²) in [6, 6.07) is 9.54. The Labute approximate surface area is 123 Å². The molecule has 0 spiro atoms. The number of hydrogen-bond donors (Lipinski definition) is 2. The Bertz CT molecular complexity index is 604. The molecular formula is C16H19NO2S. The highest BCUT2D eigenvalue weighted by molar-refractivity contribution is 7.14. The molecule has 0 saturated carbocycles. The van der Waals surface area contributed by atoms with Crippen LogP contribution in [0.2, 0.25) is 0 Å². The highest BCUT2D eigenvalue weighted by Crippen LogP contribution is 2.22. The van der Waals surface area contributed by atoms with Gasteiger partial charge in [-0.15, -0.1) is 11.3 Å². The fourth-order valence-electron chi connectivity index (χ4n) is 2.09. The van der Waals surface area contributed by atoms with Gasteiger partial charge in [0.15, 0.2) is 0 Å². The number of carbonyl (C=O) groups excluding carboxylic acids is 1. The highest BCUT2D eigenvalue weighted by atomic mass is 32.1. The van der Waals surface area contributed by atoms with E-state index in [9.17, 15) is 4.79 Å². The number of hydrogen-bond acceptors (Lipinski definition) is 3. The maximum absolute atomic E-state index is 12.1. The summed E-state index contributed by atoms with van der Waals surface area (Å²) in [4.78, 5) is 14.1. The Morgan fingerprint density at radius 2 is 2.05 bits per heavy atom. The molecule has 2 aromatic rings. The Hall–Kier alpha value is -1.65. The van der Waals surface area contributed by atoms with Gasteiger partial charge in [0.05, 0.1) is 11.5 Å². The Morgan fingerprint density at radius 1 is 1.30 bits per heavy atom. The van der Waals surface area contributed by atoms with Gasteiger partial charge >= 0.3 is 0 Å². The predicted molar refractivity (Wildman–Crippen MR) is 82.0 cm³/mol. The first-order valence-corrected chi connectivity index (χ1v) is 7.52. The molecule has 2 rings (SSSR count). The van der Waals surface area contributed by atoms with Crippen molar-refractivity contribution in [2.24, 2.45) is 0 Å². The van der Waals surface area contributed by atoms with Crippen LogP contribution < -0.4 is 5.32 Å². The number of thiophene rings is 1. The van der Waals surface area contributed by atoms with E-state index in [0.29, 0.717) is 6.54 Å². The van der Waals surface area contributed by atoms with Gasteiger partial charge in [-0.25, -0.2) is 0 Å². The molecule has 1 aromatic heterocycles. The van der Waals surface area contributed by atoms with Crippen LogP contribution in [-0.2, 0) is 19.6 Å². The smallest absolute Gasteiger partial charge is 0.261 e. The molecule has 1 amide bonds. The summed E-state index contributed by atoms with van der Waals surface area (Å²) in [5, 5.41) is 12.0. The summed E-state index contributed by atoms with van der Waals surface area (Å²) in [7, 11) is 0. The van der Waals surface area contributed by atoms with Crippen molar-refractivity contribution in [3.8, 4) is 0 Å². The fourth-order valence-corrected chi connectivity index (χ4v) is 3.12. The van der Waals surface area contributed by atoms with Gasteiger partial charge in [0.25, 0.3) is 5.91 Å². The number of amides is 1. The molecular weight excluding hydrogens is 270 g/mol. The van der Waals surface area contributed by atoms with Gasteiger partial charge in [-0.05, 0) is 36.1 Å².